The Hall–Kier alpha value is -4.51. The number of halogens is 3. The van der Waals surface area contributed by atoms with E-state index in [1.54, 1.807) is 6.07 Å². The molecule has 0 saturated carbocycles. The predicted molar refractivity (Wildman–Crippen MR) is 129 cm³/mol. The fraction of sp³-hybridized carbons (Fsp3) is 0.0833. The molecule has 0 aromatic heterocycles. The van der Waals surface area contributed by atoms with Gasteiger partial charge in [-0.1, -0.05) is 23.7 Å². The Morgan fingerprint density at radius 1 is 1.00 bits per heavy atom. The molecular formula is C24H19ClF2N4O5. The van der Waals surface area contributed by atoms with Crippen LogP contribution >= 0.6 is 11.6 Å². The van der Waals surface area contributed by atoms with E-state index in [4.69, 9.17) is 21.1 Å². The van der Waals surface area contributed by atoms with E-state index in [1.165, 1.54) is 55.8 Å². The lowest BCUT2D eigenvalue weighted by molar-refractivity contribution is -0.136. The van der Waals surface area contributed by atoms with Crippen LogP contribution in [0.15, 0.2) is 65.8 Å². The molecule has 0 aliphatic carbocycles. The van der Waals surface area contributed by atoms with E-state index in [-0.39, 0.29) is 27.9 Å². The second kappa shape index (κ2) is 12.3. The Kier molecular flexibility index (Phi) is 8.89. The van der Waals surface area contributed by atoms with Crippen molar-refractivity contribution in [2.75, 3.05) is 24.4 Å². The molecule has 9 nitrogen and oxygen atoms in total. The zero-order valence-electron chi connectivity index (χ0n) is 18.7. The molecular weight excluding hydrogens is 498 g/mol. The molecule has 0 fully saturated rings. The number of amides is 3. The third-order valence-electron chi connectivity index (χ3n) is 4.44. The van der Waals surface area contributed by atoms with Gasteiger partial charge in [0.15, 0.2) is 18.1 Å². The fourth-order valence-corrected chi connectivity index (χ4v) is 3.05. The Balaban J connectivity index is 1.58. The van der Waals surface area contributed by atoms with E-state index in [0.717, 1.165) is 12.1 Å². The smallest absolute Gasteiger partial charge is 0.329 e. The molecule has 0 aliphatic heterocycles. The molecule has 3 aromatic carbocycles. The first kappa shape index (κ1) is 26.1. The summed E-state index contributed by atoms with van der Waals surface area (Å²) in [6, 6.07) is 13.4. The monoisotopic (exact) mass is 516 g/mol. The van der Waals surface area contributed by atoms with E-state index < -0.39 is 36.0 Å². The van der Waals surface area contributed by atoms with Crippen LogP contribution in [0.5, 0.6) is 11.5 Å². The van der Waals surface area contributed by atoms with Crippen LogP contribution in [0.1, 0.15) is 5.56 Å². The van der Waals surface area contributed by atoms with Crippen molar-refractivity contribution in [2.24, 2.45) is 5.10 Å². The van der Waals surface area contributed by atoms with Crippen molar-refractivity contribution in [2.45, 2.75) is 0 Å². The topological polar surface area (TPSA) is 118 Å². The Morgan fingerprint density at radius 2 is 1.72 bits per heavy atom. The largest absolute Gasteiger partial charge is 0.493 e. The molecule has 3 aromatic rings. The van der Waals surface area contributed by atoms with Gasteiger partial charge in [-0.05, 0) is 54.1 Å². The van der Waals surface area contributed by atoms with E-state index >= 15 is 0 Å². The SMILES string of the molecule is COc1cc(/C=N\NC(=O)C(=O)Nc2ccc(F)cc2)cc(Cl)c1OCC(=O)Nc1ccccc1F. The van der Waals surface area contributed by atoms with E-state index in [1.807, 2.05) is 5.43 Å². The van der Waals surface area contributed by atoms with Crippen molar-refractivity contribution in [1.29, 1.82) is 0 Å². The van der Waals surface area contributed by atoms with Gasteiger partial charge in [-0.2, -0.15) is 5.10 Å². The molecule has 3 N–H and O–H groups in total. The highest BCUT2D eigenvalue weighted by Gasteiger charge is 2.15. The number of hydrazone groups is 1. The van der Waals surface area contributed by atoms with Gasteiger partial charge in [0.2, 0.25) is 0 Å². The summed E-state index contributed by atoms with van der Waals surface area (Å²) >= 11 is 6.24. The zero-order chi connectivity index (χ0) is 26.1. The number of hydrogen-bond donors (Lipinski definition) is 3. The average Bonchev–Trinajstić information content (AvgIpc) is 2.85. The van der Waals surface area contributed by atoms with Crippen molar-refractivity contribution >= 4 is 46.9 Å². The average molecular weight is 517 g/mol. The minimum atomic E-state index is -1.06. The maximum absolute atomic E-state index is 13.7. The molecule has 12 heteroatoms. The molecule has 0 atom stereocenters. The molecule has 3 amide bonds. The minimum absolute atomic E-state index is 0.00381. The van der Waals surface area contributed by atoms with Gasteiger partial charge in [0.05, 0.1) is 24.0 Å². The summed E-state index contributed by atoms with van der Waals surface area (Å²) in [5.41, 5.74) is 2.66. The molecule has 0 unspecified atom stereocenters. The van der Waals surface area contributed by atoms with E-state index in [9.17, 15) is 23.2 Å². The highest BCUT2D eigenvalue weighted by Crippen LogP contribution is 2.36. The van der Waals surface area contributed by atoms with Crippen LogP contribution in [-0.2, 0) is 14.4 Å². The van der Waals surface area contributed by atoms with Crippen molar-refractivity contribution in [3.63, 3.8) is 0 Å². The Morgan fingerprint density at radius 3 is 2.42 bits per heavy atom. The molecule has 36 heavy (non-hydrogen) atoms. The highest BCUT2D eigenvalue weighted by molar-refractivity contribution is 6.39. The van der Waals surface area contributed by atoms with Gasteiger partial charge in [-0.3, -0.25) is 14.4 Å². The molecule has 0 bridgehead atoms. The molecule has 0 spiro atoms. The number of nitrogens with one attached hydrogen (secondary N) is 3. The molecule has 0 heterocycles. The van der Waals surface area contributed by atoms with Gasteiger partial charge in [0.25, 0.3) is 5.91 Å². The van der Waals surface area contributed by atoms with Gasteiger partial charge >= 0.3 is 11.8 Å². The molecule has 3 rings (SSSR count). The lowest BCUT2D eigenvalue weighted by atomic mass is 10.2. The summed E-state index contributed by atoms with van der Waals surface area (Å²) in [6.45, 7) is -0.475. The summed E-state index contributed by atoms with van der Waals surface area (Å²) in [5, 5.41) is 8.43. The van der Waals surface area contributed by atoms with Crippen molar-refractivity contribution in [3.05, 3.63) is 82.9 Å². The standard InChI is InChI=1S/C24H19ClF2N4O5/c1-35-20-11-14(12-28-31-24(34)23(33)29-16-8-6-15(26)7-9-16)10-17(25)22(20)36-13-21(32)30-19-5-3-2-4-18(19)27/h2-12H,13H2,1H3,(H,29,33)(H,30,32)(H,31,34)/b28-12-. The maximum atomic E-state index is 13.7. The van der Waals surface area contributed by atoms with Gasteiger partial charge in [0.1, 0.15) is 11.6 Å². The summed E-state index contributed by atoms with van der Waals surface area (Å²) in [6.07, 6.45) is 1.20. The van der Waals surface area contributed by atoms with Crippen molar-refractivity contribution in [3.8, 4) is 11.5 Å². The summed E-state index contributed by atoms with van der Waals surface area (Å²) in [7, 11) is 1.35. The van der Waals surface area contributed by atoms with E-state index in [0.29, 0.717) is 5.56 Å². The van der Waals surface area contributed by atoms with Gasteiger partial charge in [-0.25, -0.2) is 14.2 Å². The number of hydrogen-bond acceptors (Lipinski definition) is 6. The van der Waals surface area contributed by atoms with Gasteiger partial charge in [0, 0.05) is 5.69 Å². The Bertz CT molecular complexity index is 1300. The lowest BCUT2D eigenvalue weighted by Crippen LogP contribution is -2.32. The van der Waals surface area contributed by atoms with Crippen LogP contribution < -0.4 is 25.5 Å². The first-order valence-corrected chi connectivity index (χ1v) is 10.6. The first-order chi connectivity index (χ1) is 17.3. The van der Waals surface area contributed by atoms with Crippen LogP contribution in [0.2, 0.25) is 5.02 Å². The molecule has 0 aliphatic rings. The summed E-state index contributed by atoms with van der Waals surface area (Å²) < 4.78 is 37.3. The summed E-state index contributed by atoms with van der Waals surface area (Å²) in [5.74, 6) is -3.55. The van der Waals surface area contributed by atoms with Crippen molar-refractivity contribution < 1.29 is 32.6 Å². The number of nitrogens with zero attached hydrogens (tertiary/aromatic N) is 1. The number of carbonyl (C=O) groups is 3. The third kappa shape index (κ3) is 7.24. The van der Waals surface area contributed by atoms with Gasteiger partial charge in [-0.15, -0.1) is 0 Å². The molecule has 0 saturated heterocycles. The fourth-order valence-electron chi connectivity index (χ4n) is 2.78. The number of para-hydroxylation sites is 1. The summed E-state index contributed by atoms with van der Waals surface area (Å²) in [4.78, 5) is 35.9. The third-order valence-corrected chi connectivity index (χ3v) is 4.72. The Labute approximate surface area is 209 Å². The normalized spacial score (nSPS) is 10.6. The zero-order valence-corrected chi connectivity index (χ0v) is 19.4. The number of ether oxygens (including phenoxy) is 2. The second-order valence-corrected chi connectivity index (χ2v) is 7.42. The maximum Gasteiger partial charge on any atom is 0.329 e. The van der Waals surface area contributed by atoms with Gasteiger partial charge < -0.3 is 20.1 Å². The predicted octanol–water partition coefficient (Wildman–Crippen LogP) is 3.73. The highest BCUT2D eigenvalue weighted by atomic mass is 35.5. The van der Waals surface area contributed by atoms with Crippen LogP contribution in [-0.4, -0.2) is 37.7 Å². The number of carbonyl (C=O) groups excluding carboxylic acids is 3. The first-order valence-electron chi connectivity index (χ1n) is 10.2. The van der Waals surface area contributed by atoms with Crippen molar-refractivity contribution in [1.82, 2.24) is 5.43 Å². The number of methoxy groups -OCH3 is 1. The number of anilines is 2. The van der Waals surface area contributed by atoms with Crippen LogP contribution in [0, 0.1) is 11.6 Å². The minimum Gasteiger partial charge on any atom is -0.493 e. The molecule has 0 radical (unpaired) electrons. The molecule has 186 valence electrons. The van der Waals surface area contributed by atoms with Crippen LogP contribution in [0.4, 0.5) is 20.2 Å². The van der Waals surface area contributed by atoms with Crippen LogP contribution in [0.3, 0.4) is 0 Å². The second-order valence-electron chi connectivity index (χ2n) is 7.01. The number of rotatable bonds is 8. The van der Waals surface area contributed by atoms with Crippen LogP contribution in [0.25, 0.3) is 0 Å². The van der Waals surface area contributed by atoms with E-state index in [2.05, 4.69) is 15.7 Å². The number of benzene rings is 3. The quantitative estimate of drug-likeness (QED) is 0.239. The lowest BCUT2D eigenvalue weighted by Gasteiger charge is -2.13.